The molecular formula is C15H19ClN4O. The number of rotatable bonds is 5. The van der Waals surface area contributed by atoms with Crippen LogP contribution in [-0.4, -0.2) is 35.2 Å². The Morgan fingerprint density at radius 1 is 1.48 bits per heavy atom. The molecule has 1 unspecified atom stereocenters. The van der Waals surface area contributed by atoms with Gasteiger partial charge in [-0.3, -0.25) is 9.89 Å². The van der Waals surface area contributed by atoms with Crippen molar-refractivity contribution in [2.45, 2.75) is 31.7 Å². The molecule has 2 aromatic rings. The van der Waals surface area contributed by atoms with Gasteiger partial charge in [0.05, 0.1) is 5.52 Å². The number of aromatic amines is 1. The lowest BCUT2D eigenvalue weighted by atomic mass is 10.1. The summed E-state index contributed by atoms with van der Waals surface area (Å²) < 4.78 is 0. The van der Waals surface area contributed by atoms with E-state index in [1.54, 1.807) is 12.1 Å². The summed E-state index contributed by atoms with van der Waals surface area (Å²) >= 11 is 5.97. The molecule has 1 fully saturated rings. The van der Waals surface area contributed by atoms with E-state index in [0.717, 1.165) is 30.3 Å². The molecule has 1 saturated heterocycles. The normalized spacial score (nSPS) is 18.2. The third-order valence-electron chi connectivity index (χ3n) is 3.92. The number of hydrogen-bond donors (Lipinski definition) is 3. The molecule has 0 aliphatic carbocycles. The van der Waals surface area contributed by atoms with E-state index in [1.807, 2.05) is 6.07 Å². The molecular weight excluding hydrogens is 288 g/mol. The van der Waals surface area contributed by atoms with Gasteiger partial charge in [0.25, 0.3) is 5.91 Å². The fourth-order valence-electron chi connectivity index (χ4n) is 2.80. The fraction of sp³-hybridized carbons (Fsp3) is 0.467. The molecule has 1 aromatic heterocycles. The Labute approximate surface area is 128 Å². The van der Waals surface area contributed by atoms with E-state index in [2.05, 4.69) is 20.8 Å². The van der Waals surface area contributed by atoms with Crippen LogP contribution in [0, 0.1) is 0 Å². The van der Waals surface area contributed by atoms with Gasteiger partial charge in [0.1, 0.15) is 0 Å². The summed E-state index contributed by atoms with van der Waals surface area (Å²) in [4.78, 5) is 12.2. The van der Waals surface area contributed by atoms with Crippen molar-refractivity contribution in [3.63, 3.8) is 0 Å². The molecule has 21 heavy (non-hydrogen) atoms. The molecule has 1 amide bonds. The number of fused-ring (bicyclic) bond motifs is 1. The number of aromatic nitrogens is 2. The summed E-state index contributed by atoms with van der Waals surface area (Å²) in [6.07, 6.45) is 4.59. The standard InChI is InChI=1S/C15H19ClN4O/c16-10-5-6-13-12(9-10)14(20-19-13)15(21)18-8-2-4-11-3-1-7-17-11/h5-6,9,11,17H,1-4,7-8H2,(H,18,21)(H,19,20). The first kappa shape index (κ1) is 14.4. The maximum atomic E-state index is 12.2. The zero-order valence-corrected chi connectivity index (χ0v) is 12.5. The molecule has 0 radical (unpaired) electrons. The highest BCUT2D eigenvalue weighted by atomic mass is 35.5. The van der Waals surface area contributed by atoms with Gasteiger partial charge in [-0.25, -0.2) is 0 Å². The number of nitrogens with zero attached hydrogens (tertiary/aromatic N) is 1. The van der Waals surface area contributed by atoms with E-state index in [-0.39, 0.29) is 5.91 Å². The second-order valence-electron chi connectivity index (χ2n) is 5.45. The van der Waals surface area contributed by atoms with Crippen molar-refractivity contribution in [3.8, 4) is 0 Å². The molecule has 112 valence electrons. The molecule has 0 saturated carbocycles. The first-order valence-corrected chi connectivity index (χ1v) is 7.77. The van der Waals surface area contributed by atoms with Gasteiger partial charge in [-0.2, -0.15) is 5.10 Å². The second kappa shape index (κ2) is 6.45. The molecule has 1 atom stereocenters. The Morgan fingerprint density at radius 2 is 2.38 bits per heavy atom. The average Bonchev–Trinajstić information content (AvgIpc) is 3.12. The molecule has 1 aliphatic heterocycles. The number of carbonyl (C=O) groups is 1. The Hall–Kier alpha value is -1.59. The van der Waals surface area contributed by atoms with Crippen LogP contribution in [0.4, 0.5) is 0 Å². The highest BCUT2D eigenvalue weighted by Gasteiger charge is 2.15. The van der Waals surface area contributed by atoms with Crippen molar-refractivity contribution in [3.05, 3.63) is 28.9 Å². The van der Waals surface area contributed by atoms with Gasteiger partial charge in [0.2, 0.25) is 0 Å². The lowest BCUT2D eigenvalue weighted by molar-refractivity contribution is 0.0949. The number of hydrogen-bond acceptors (Lipinski definition) is 3. The molecule has 3 N–H and O–H groups in total. The van der Waals surface area contributed by atoms with Gasteiger partial charge >= 0.3 is 0 Å². The minimum Gasteiger partial charge on any atom is -0.351 e. The van der Waals surface area contributed by atoms with Crippen LogP contribution >= 0.6 is 11.6 Å². The predicted octanol–water partition coefficient (Wildman–Crippen LogP) is 2.48. The number of H-pyrrole nitrogens is 1. The molecule has 1 aliphatic rings. The van der Waals surface area contributed by atoms with Gasteiger partial charge in [0, 0.05) is 23.0 Å². The van der Waals surface area contributed by atoms with Crippen molar-refractivity contribution >= 4 is 28.4 Å². The number of amides is 1. The van der Waals surface area contributed by atoms with Crippen molar-refractivity contribution in [2.24, 2.45) is 0 Å². The van der Waals surface area contributed by atoms with Crippen LogP contribution in [0.2, 0.25) is 5.02 Å². The van der Waals surface area contributed by atoms with Crippen LogP contribution in [0.5, 0.6) is 0 Å². The topological polar surface area (TPSA) is 69.8 Å². The minimum absolute atomic E-state index is 0.150. The third-order valence-corrected chi connectivity index (χ3v) is 4.15. The Kier molecular flexibility index (Phi) is 4.41. The maximum absolute atomic E-state index is 12.2. The first-order chi connectivity index (χ1) is 10.2. The monoisotopic (exact) mass is 306 g/mol. The van der Waals surface area contributed by atoms with Gasteiger partial charge in [-0.05, 0) is 50.4 Å². The van der Waals surface area contributed by atoms with Crippen LogP contribution in [-0.2, 0) is 0 Å². The number of carbonyl (C=O) groups excluding carboxylic acids is 1. The van der Waals surface area contributed by atoms with E-state index in [9.17, 15) is 4.79 Å². The highest BCUT2D eigenvalue weighted by Crippen LogP contribution is 2.20. The number of benzene rings is 1. The second-order valence-corrected chi connectivity index (χ2v) is 5.89. The minimum atomic E-state index is -0.150. The quantitative estimate of drug-likeness (QED) is 0.743. The Morgan fingerprint density at radius 3 is 3.19 bits per heavy atom. The third kappa shape index (κ3) is 3.36. The van der Waals surface area contributed by atoms with Crippen LogP contribution in [0.1, 0.15) is 36.2 Å². The molecule has 1 aromatic carbocycles. The van der Waals surface area contributed by atoms with Gasteiger partial charge < -0.3 is 10.6 Å². The Balaban J connectivity index is 1.55. The largest absolute Gasteiger partial charge is 0.351 e. The molecule has 5 nitrogen and oxygen atoms in total. The maximum Gasteiger partial charge on any atom is 0.272 e. The zero-order chi connectivity index (χ0) is 14.7. The van der Waals surface area contributed by atoms with E-state index in [4.69, 9.17) is 11.6 Å². The van der Waals surface area contributed by atoms with E-state index >= 15 is 0 Å². The predicted molar refractivity (Wildman–Crippen MR) is 83.7 cm³/mol. The van der Waals surface area contributed by atoms with Crippen molar-refractivity contribution in [1.82, 2.24) is 20.8 Å². The molecule has 3 rings (SSSR count). The summed E-state index contributed by atoms with van der Waals surface area (Å²) in [6.45, 7) is 1.79. The summed E-state index contributed by atoms with van der Waals surface area (Å²) in [5.74, 6) is -0.150. The summed E-state index contributed by atoms with van der Waals surface area (Å²) in [5, 5.41) is 14.7. The average molecular weight is 307 g/mol. The molecule has 6 heteroatoms. The zero-order valence-electron chi connectivity index (χ0n) is 11.8. The summed E-state index contributed by atoms with van der Waals surface area (Å²) in [7, 11) is 0. The Bertz CT molecular complexity index is 634. The summed E-state index contributed by atoms with van der Waals surface area (Å²) in [5.41, 5.74) is 1.23. The van der Waals surface area contributed by atoms with Crippen LogP contribution < -0.4 is 10.6 Å². The van der Waals surface area contributed by atoms with Crippen molar-refractivity contribution < 1.29 is 4.79 Å². The highest BCUT2D eigenvalue weighted by molar-refractivity contribution is 6.31. The van der Waals surface area contributed by atoms with Crippen LogP contribution in [0.25, 0.3) is 10.9 Å². The molecule has 0 spiro atoms. The fourth-order valence-corrected chi connectivity index (χ4v) is 2.97. The molecule has 0 bridgehead atoms. The lowest BCUT2D eigenvalue weighted by Crippen LogP contribution is -2.27. The first-order valence-electron chi connectivity index (χ1n) is 7.39. The van der Waals surface area contributed by atoms with Gasteiger partial charge in [-0.1, -0.05) is 11.6 Å². The molecule has 2 heterocycles. The van der Waals surface area contributed by atoms with Gasteiger partial charge in [-0.15, -0.1) is 0 Å². The smallest absolute Gasteiger partial charge is 0.272 e. The van der Waals surface area contributed by atoms with Crippen molar-refractivity contribution in [2.75, 3.05) is 13.1 Å². The van der Waals surface area contributed by atoms with E-state index in [0.29, 0.717) is 23.3 Å². The SMILES string of the molecule is O=C(NCCCC1CCCN1)c1n[nH]c2ccc(Cl)cc12. The number of nitrogens with one attached hydrogen (secondary N) is 3. The van der Waals surface area contributed by atoms with Crippen LogP contribution in [0.3, 0.4) is 0 Å². The van der Waals surface area contributed by atoms with Crippen LogP contribution in [0.15, 0.2) is 18.2 Å². The summed E-state index contributed by atoms with van der Waals surface area (Å²) in [6, 6.07) is 5.98. The van der Waals surface area contributed by atoms with E-state index < -0.39 is 0 Å². The number of halogens is 1. The lowest BCUT2D eigenvalue weighted by Gasteiger charge is -2.09. The van der Waals surface area contributed by atoms with Gasteiger partial charge in [0.15, 0.2) is 5.69 Å². The van der Waals surface area contributed by atoms with Crippen molar-refractivity contribution in [1.29, 1.82) is 0 Å². The van der Waals surface area contributed by atoms with E-state index in [1.165, 1.54) is 12.8 Å².